The van der Waals surface area contributed by atoms with E-state index < -0.39 is 0 Å². The maximum absolute atomic E-state index is 9.92. The molecule has 2 heterocycles. The Kier molecular flexibility index (Phi) is 5.92. The Morgan fingerprint density at radius 3 is 2.92 bits per heavy atom. The van der Waals surface area contributed by atoms with Crippen molar-refractivity contribution in [1.29, 1.82) is 0 Å². The smallest absolute Gasteiger partial charge is 0.137 e. The molecule has 4 nitrogen and oxygen atoms in total. The van der Waals surface area contributed by atoms with Crippen LogP contribution >= 0.6 is 0 Å². The Morgan fingerprint density at radius 2 is 2.16 bits per heavy atom. The summed E-state index contributed by atoms with van der Waals surface area (Å²) >= 11 is 0. The summed E-state index contributed by atoms with van der Waals surface area (Å²) in [6, 6.07) is 11.7. The second-order valence-electron chi connectivity index (χ2n) is 6.95. The van der Waals surface area contributed by atoms with Gasteiger partial charge in [0, 0.05) is 24.7 Å². The SMILES string of the molecule is CCC1(c2cccc(O)c2)CCCCN(CCOc2cccnc2)C1. The first kappa shape index (κ1) is 17.7. The summed E-state index contributed by atoms with van der Waals surface area (Å²) in [6.07, 6.45) is 8.21. The maximum atomic E-state index is 9.92. The van der Waals surface area contributed by atoms with Crippen molar-refractivity contribution in [3.63, 3.8) is 0 Å². The van der Waals surface area contributed by atoms with E-state index >= 15 is 0 Å². The van der Waals surface area contributed by atoms with Gasteiger partial charge in [0.05, 0.1) is 6.20 Å². The molecule has 0 amide bonds. The largest absolute Gasteiger partial charge is 0.508 e. The molecule has 134 valence electrons. The van der Waals surface area contributed by atoms with Gasteiger partial charge >= 0.3 is 0 Å². The van der Waals surface area contributed by atoms with Crippen molar-refractivity contribution < 1.29 is 9.84 Å². The van der Waals surface area contributed by atoms with E-state index in [0.717, 1.165) is 31.8 Å². The fourth-order valence-electron chi connectivity index (χ4n) is 3.86. The van der Waals surface area contributed by atoms with Gasteiger partial charge in [0.2, 0.25) is 0 Å². The van der Waals surface area contributed by atoms with Crippen LogP contribution in [0.25, 0.3) is 0 Å². The number of phenolic OH excluding ortho intramolecular Hbond substituents is 1. The minimum atomic E-state index is 0.115. The van der Waals surface area contributed by atoms with Crippen LogP contribution in [0, 0.1) is 0 Å². The van der Waals surface area contributed by atoms with Crippen LogP contribution in [0.3, 0.4) is 0 Å². The molecule has 1 aromatic heterocycles. The van der Waals surface area contributed by atoms with Crippen LogP contribution in [0.5, 0.6) is 11.5 Å². The van der Waals surface area contributed by atoms with E-state index in [1.165, 1.54) is 24.8 Å². The Hall–Kier alpha value is -2.07. The molecule has 4 heteroatoms. The molecule has 0 bridgehead atoms. The normalized spacial score (nSPS) is 21.6. The molecule has 0 aliphatic carbocycles. The van der Waals surface area contributed by atoms with Gasteiger partial charge in [0.15, 0.2) is 0 Å². The lowest BCUT2D eigenvalue weighted by atomic mass is 9.74. The van der Waals surface area contributed by atoms with Crippen LogP contribution in [0.1, 0.15) is 38.2 Å². The van der Waals surface area contributed by atoms with E-state index in [-0.39, 0.29) is 5.41 Å². The number of aromatic hydroxyl groups is 1. The van der Waals surface area contributed by atoms with Crippen molar-refractivity contribution in [3.8, 4) is 11.5 Å². The highest BCUT2D eigenvalue weighted by atomic mass is 16.5. The molecule has 1 N–H and O–H groups in total. The Labute approximate surface area is 150 Å². The quantitative estimate of drug-likeness (QED) is 0.863. The van der Waals surface area contributed by atoms with Crippen LogP contribution in [-0.4, -0.2) is 41.2 Å². The van der Waals surface area contributed by atoms with Gasteiger partial charge in [-0.3, -0.25) is 9.88 Å². The van der Waals surface area contributed by atoms with Crippen molar-refractivity contribution in [2.45, 2.75) is 38.0 Å². The van der Waals surface area contributed by atoms with Crippen LogP contribution in [0.2, 0.25) is 0 Å². The highest BCUT2D eigenvalue weighted by molar-refractivity contribution is 5.33. The fraction of sp³-hybridized carbons (Fsp3) is 0.476. The summed E-state index contributed by atoms with van der Waals surface area (Å²) in [7, 11) is 0. The Bertz CT molecular complexity index is 662. The second-order valence-corrected chi connectivity index (χ2v) is 6.95. The van der Waals surface area contributed by atoms with E-state index in [1.807, 2.05) is 24.3 Å². The zero-order valence-corrected chi connectivity index (χ0v) is 15.0. The molecular weight excluding hydrogens is 312 g/mol. The van der Waals surface area contributed by atoms with E-state index in [1.54, 1.807) is 18.5 Å². The molecule has 1 saturated heterocycles. The number of hydrogen-bond donors (Lipinski definition) is 1. The molecule has 25 heavy (non-hydrogen) atoms. The van der Waals surface area contributed by atoms with Crippen LogP contribution in [-0.2, 0) is 5.41 Å². The second kappa shape index (κ2) is 8.34. The van der Waals surface area contributed by atoms with Crippen molar-refractivity contribution in [3.05, 3.63) is 54.4 Å². The lowest BCUT2D eigenvalue weighted by Crippen LogP contribution is -2.40. The van der Waals surface area contributed by atoms with E-state index in [4.69, 9.17) is 4.74 Å². The molecule has 1 unspecified atom stereocenters. The monoisotopic (exact) mass is 340 g/mol. The summed E-state index contributed by atoms with van der Waals surface area (Å²) in [5, 5.41) is 9.92. The lowest BCUT2D eigenvalue weighted by molar-refractivity contribution is 0.179. The van der Waals surface area contributed by atoms with Gasteiger partial charge in [-0.05, 0) is 55.6 Å². The zero-order chi connectivity index (χ0) is 17.5. The number of phenols is 1. The number of nitrogens with zero attached hydrogens (tertiary/aromatic N) is 2. The summed E-state index contributed by atoms with van der Waals surface area (Å²) in [5.41, 5.74) is 1.37. The third-order valence-electron chi connectivity index (χ3n) is 5.35. The zero-order valence-electron chi connectivity index (χ0n) is 15.0. The number of likely N-dealkylation sites (tertiary alicyclic amines) is 1. The standard InChI is InChI=1S/C21H28N2O2/c1-2-21(18-7-5-8-19(24)15-18)10-3-4-12-23(17-21)13-14-25-20-9-6-11-22-16-20/h5-9,11,15-16,24H,2-4,10,12-14,17H2,1H3. The minimum Gasteiger partial charge on any atom is -0.508 e. The molecule has 0 spiro atoms. The molecule has 1 atom stereocenters. The van der Waals surface area contributed by atoms with E-state index in [2.05, 4.69) is 22.9 Å². The molecular formula is C21H28N2O2. The molecule has 0 radical (unpaired) electrons. The van der Waals surface area contributed by atoms with Gasteiger partial charge in [-0.2, -0.15) is 0 Å². The van der Waals surface area contributed by atoms with E-state index in [0.29, 0.717) is 12.4 Å². The van der Waals surface area contributed by atoms with Crippen molar-refractivity contribution in [2.75, 3.05) is 26.2 Å². The fourth-order valence-corrected chi connectivity index (χ4v) is 3.86. The average molecular weight is 340 g/mol. The lowest BCUT2D eigenvalue weighted by Gasteiger charge is -2.36. The van der Waals surface area contributed by atoms with Crippen LogP contribution in [0.15, 0.2) is 48.8 Å². The molecule has 0 saturated carbocycles. The average Bonchev–Trinajstić information content (AvgIpc) is 2.86. The molecule has 3 rings (SSSR count). The molecule has 1 aromatic carbocycles. The highest BCUT2D eigenvalue weighted by Gasteiger charge is 2.34. The number of hydrogen-bond acceptors (Lipinski definition) is 4. The predicted molar refractivity (Wildman–Crippen MR) is 100 cm³/mol. The summed E-state index contributed by atoms with van der Waals surface area (Å²) in [5.74, 6) is 1.19. The third-order valence-corrected chi connectivity index (χ3v) is 5.35. The summed E-state index contributed by atoms with van der Waals surface area (Å²) in [6.45, 7) is 5.97. The van der Waals surface area contributed by atoms with Crippen molar-refractivity contribution >= 4 is 0 Å². The molecule has 1 aliphatic rings. The minimum absolute atomic E-state index is 0.115. The number of pyridine rings is 1. The Balaban J connectivity index is 1.66. The molecule has 2 aromatic rings. The van der Waals surface area contributed by atoms with Gasteiger partial charge in [0.1, 0.15) is 18.1 Å². The first-order valence-corrected chi connectivity index (χ1v) is 9.26. The van der Waals surface area contributed by atoms with Gasteiger partial charge in [-0.15, -0.1) is 0 Å². The number of rotatable bonds is 6. The van der Waals surface area contributed by atoms with Crippen LogP contribution in [0.4, 0.5) is 0 Å². The first-order valence-electron chi connectivity index (χ1n) is 9.26. The van der Waals surface area contributed by atoms with Crippen molar-refractivity contribution in [2.24, 2.45) is 0 Å². The summed E-state index contributed by atoms with van der Waals surface area (Å²) in [4.78, 5) is 6.60. The van der Waals surface area contributed by atoms with Gasteiger partial charge in [-0.1, -0.05) is 25.5 Å². The molecule has 1 aliphatic heterocycles. The number of benzene rings is 1. The highest BCUT2D eigenvalue weighted by Crippen LogP contribution is 2.37. The predicted octanol–water partition coefficient (Wildman–Crippen LogP) is 4.00. The number of ether oxygens (including phenoxy) is 1. The third kappa shape index (κ3) is 4.51. The molecule has 1 fully saturated rings. The van der Waals surface area contributed by atoms with E-state index in [9.17, 15) is 5.11 Å². The summed E-state index contributed by atoms with van der Waals surface area (Å²) < 4.78 is 5.83. The van der Waals surface area contributed by atoms with Gasteiger partial charge < -0.3 is 9.84 Å². The Morgan fingerprint density at radius 1 is 1.24 bits per heavy atom. The topological polar surface area (TPSA) is 45.6 Å². The van der Waals surface area contributed by atoms with Crippen LogP contribution < -0.4 is 4.74 Å². The van der Waals surface area contributed by atoms with Gasteiger partial charge in [-0.25, -0.2) is 0 Å². The van der Waals surface area contributed by atoms with Crippen molar-refractivity contribution in [1.82, 2.24) is 9.88 Å². The first-order chi connectivity index (χ1) is 12.2. The number of aromatic nitrogens is 1. The maximum Gasteiger partial charge on any atom is 0.137 e. The van der Waals surface area contributed by atoms with Gasteiger partial charge in [0.25, 0.3) is 0 Å².